The van der Waals surface area contributed by atoms with Gasteiger partial charge in [-0.25, -0.2) is 4.98 Å². The number of carbonyl (C=O) groups excluding carboxylic acids is 1. The highest BCUT2D eigenvalue weighted by atomic mass is 16.5. The number of nitrogens with zero attached hydrogens (tertiary/aromatic N) is 3. The number of benzene rings is 2. The van der Waals surface area contributed by atoms with Crippen LogP contribution in [-0.4, -0.2) is 34.2 Å². The number of nitrogens with one attached hydrogen (secondary N) is 1. The zero-order valence-electron chi connectivity index (χ0n) is 21.0. The number of para-hydroxylation sites is 2. The van der Waals surface area contributed by atoms with E-state index in [4.69, 9.17) is 14.5 Å². The largest absolute Gasteiger partial charge is 0.493 e. The van der Waals surface area contributed by atoms with Crippen molar-refractivity contribution in [2.24, 2.45) is 0 Å². The summed E-state index contributed by atoms with van der Waals surface area (Å²) in [4.78, 5) is 21.5. The van der Waals surface area contributed by atoms with Gasteiger partial charge in [0.15, 0.2) is 11.5 Å². The number of pyridine rings is 1. The van der Waals surface area contributed by atoms with Crippen LogP contribution in [0.2, 0.25) is 0 Å². The van der Waals surface area contributed by atoms with Crippen LogP contribution in [0.1, 0.15) is 54.5 Å². The Hall–Kier alpha value is -4.13. The maximum atomic E-state index is 12.7. The van der Waals surface area contributed by atoms with E-state index in [1.807, 2.05) is 62.4 Å². The zero-order chi connectivity index (χ0) is 25.3. The first-order valence-corrected chi connectivity index (χ1v) is 12.2. The van der Waals surface area contributed by atoms with E-state index in [-0.39, 0.29) is 11.9 Å². The third-order valence-electron chi connectivity index (χ3n) is 5.92. The van der Waals surface area contributed by atoms with Gasteiger partial charge in [-0.15, -0.1) is 0 Å². The van der Waals surface area contributed by atoms with Gasteiger partial charge in [-0.2, -0.15) is 0 Å². The van der Waals surface area contributed by atoms with Crippen LogP contribution in [0.3, 0.4) is 0 Å². The Bertz CT molecular complexity index is 1330. The van der Waals surface area contributed by atoms with Crippen molar-refractivity contribution in [2.75, 3.05) is 13.7 Å². The van der Waals surface area contributed by atoms with E-state index in [0.717, 1.165) is 53.3 Å². The second kappa shape index (κ2) is 12.0. The summed E-state index contributed by atoms with van der Waals surface area (Å²) in [5, 5.41) is 3.06. The standard InChI is InChI=1S/C29H32N4O3/c1-4-10-22-14-15-26(27(19-22)35-3)36-18-8-7-17-33-25-13-6-5-12-24(25)32-28(33)21(2)31-29(34)23-11-9-16-30-20-23/h4-6,9-16,19-21H,7-8,17-18H2,1-3H3,(H,31,34)/b10-4+. The molecule has 0 bridgehead atoms. The molecule has 4 rings (SSSR count). The number of allylic oxidation sites excluding steroid dienone is 1. The molecular weight excluding hydrogens is 452 g/mol. The average Bonchev–Trinajstić information content (AvgIpc) is 3.28. The first-order chi connectivity index (χ1) is 17.6. The number of aryl methyl sites for hydroxylation is 1. The predicted molar refractivity (Wildman–Crippen MR) is 142 cm³/mol. The van der Waals surface area contributed by atoms with Gasteiger partial charge in [0.05, 0.1) is 36.4 Å². The van der Waals surface area contributed by atoms with E-state index in [9.17, 15) is 4.79 Å². The van der Waals surface area contributed by atoms with Gasteiger partial charge in [0, 0.05) is 18.9 Å². The van der Waals surface area contributed by atoms with Crippen molar-refractivity contribution >= 4 is 23.0 Å². The lowest BCUT2D eigenvalue weighted by Crippen LogP contribution is -2.28. The summed E-state index contributed by atoms with van der Waals surface area (Å²) in [5.74, 6) is 2.13. The van der Waals surface area contributed by atoms with Gasteiger partial charge in [0.1, 0.15) is 5.82 Å². The third kappa shape index (κ3) is 5.92. The minimum atomic E-state index is -0.263. The maximum Gasteiger partial charge on any atom is 0.253 e. The van der Waals surface area contributed by atoms with Gasteiger partial charge >= 0.3 is 0 Å². The second-order valence-electron chi connectivity index (χ2n) is 8.51. The molecule has 1 amide bonds. The summed E-state index contributed by atoms with van der Waals surface area (Å²) in [6.45, 7) is 5.29. The molecule has 186 valence electrons. The first kappa shape index (κ1) is 25.0. The van der Waals surface area contributed by atoms with Crippen molar-refractivity contribution in [1.29, 1.82) is 0 Å². The number of ether oxygens (including phenoxy) is 2. The van der Waals surface area contributed by atoms with Gasteiger partial charge < -0.3 is 19.4 Å². The Kier molecular flexibility index (Phi) is 8.34. The molecule has 0 aliphatic rings. The molecule has 2 heterocycles. The molecule has 0 saturated heterocycles. The van der Waals surface area contributed by atoms with Crippen LogP contribution in [0.5, 0.6) is 11.5 Å². The number of hydrogen-bond donors (Lipinski definition) is 1. The lowest BCUT2D eigenvalue weighted by Gasteiger charge is -2.17. The summed E-state index contributed by atoms with van der Waals surface area (Å²) in [6.07, 6.45) is 9.00. The fourth-order valence-electron chi connectivity index (χ4n) is 4.15. The van der Waals surface area contributed by atoms with E-state index in [0.29, 0.717) is 12.2 Å². The minimum absolute atomic E-state index is 0.169. The van der Waals surface area contributed by atoms with Crippen LogP contribution in [0.25, 0.3) is 17.1 Å². The highest BCUT2D eigenvalue weighted by molar-refractivity contribution is 5.94. The zero-order valence-corrected chi connectivity index (χ0v) is 21.0. The molecule has 0 fully saturated rings. The van der Waals surface area contributed by atoms with E-state index < -0.39 is 0 Å². The smallest absolute Gasteiger partial charge is 0.253 e. The third-order valence-corrected chi connectivity index (χ3v) is 5.92. The quantitative estimate of drug-likeness (QED) is 0.271. The molecule has 1 N–H and O–H groups in total. The number of methoxy groups -OCH3 is 1. The first-order valence-electron chi connectivity index (χ1n) is 12.2. The highest BCUT2D eigenvalue weighted by Gasteiger charge is 2.19. The van der Waals surface area contributed by atoms with Crippen molar-refractivity contribution in [2.45, 2.75) is 39.3 Å². The number of aromatic nitrogens is 3. The van der Waals surface area contributed by atoms with Crippen molar-refractivity contribution in [3.8, 4) is 11.5 Å². The van der Waals surface area contributed by atoms with Crippen LogP contribution in [0.15, 0.2) is 73.1 Å². The van der Waals surface area contributed by atoms with Crippen LogP contribution < -0.4 is 14.8 Å². The molecule has 2 aromatic carbocycles. The minimum Gasteiger partial charge on any atom is -0.493 e. The summed E-state index contributed by atoms with van der Waals surface area (Å²) in [7, 11) is 1.65. The summed E-state index contributed by atoms with van der Waals surface area (Å²) in [6, 6.07) is 17.2. The summed E-state index contributed by atoms with van der Waals surface area (Å²) >= 11 is 0. The SMILES string of the molecule is C/C=C/c1ccc(OCCCCn2c(C(C)NC(=O)c3cccnc3)nc3ccccc32)c(OC)c1. The lowest BCUT2D eigenvalue weighted by atomic mass is 10.2. The van der Waals surface area contributed by atoms with E-state index in [1.54, 1.807) is 31.6 Å². The summed E-state index contributed by atoms with van der Waals surface area (Å²) in [5.41, 5.74) is 3.57. The van der Waals surface area contributed by atoms with Crippen molar-refractivity contribution in [3.63, 3.8) is 0 Å². The molecule has 1 atom stereocenters. The fourth-order valence-corrected chi connectivity index (χ4v) is 4.15. The van der Waals surface area contributed by atoms with Crippen LogP contribution in [-0.2, 0) is 6.54 Å². The van der Waals surface area contributed by atoms with Crippen LogP contribution in [0, 0.1) is 0 Å². The van der Waals surface area contributed by atoms with Crippen molar-refractivity contribution < 1.29 is 14.3 Å². The number of rotatable bonds is 11. The molecular formula is C29H32N4O3. The Morgan fingerprint density at radius 2 is 1.97 bits per heavy atom. The molecule has 7 heteroatoms. The molecule has 1 unspecified atom stereocenters. The van der Waals surface area contributed by atoms with Gasteiger partial charge in [-0.3, -0.25) is 9.78 Å². The van der Waals surface area contributed by atoms with Gasteiger partial charge in [-0.1, -0.05) is 30.4 Å². The average molecular weight is 485 g/mol. The molecule has 2 aromatic heterocycles. The van der Waals surface area contributed by atoms with Crippen molar-refractivity contribution in [1.82, 2.24) is 19.9 Å². The Morgan fingerprint density at radius 3 is 2.75 bits per heavy atom. The second-order valence-corrected chi connectivity index (χ2v) is 8.51. The molecule has 0 aliphatic heterocycles. The number of carbonyl (C=O) groups is 1. The topological polar surface area (TPSA) is 78.3 Å². The highest BCUT2D eigenvalue weighted by Crippen LogP contribution is 2.29. The van der Waals surface area contributed by atoms with E-state index >= 15 is 0 Å². The number of fused-ring (bicyclic) bond motifs is 1. The Labute approximate surface area is 211 Å². The Balaban J connectivity index is 1.40. The van der Waals surface area contributed by atoms with E-state index in [2.05, 4.69) is 20.9 Å². The number of unbranched alkanes of at least 4 members (excludes halogenated alkanes) is 1. The number of hydrogen-bond acceptors (Lipinski definition) is 5. The van der Waals surface area contributed by atoms with Gasteiger partial charge in [0.2, 0.25) is 0 Å². The molecule has 36 heavy (non-hydrogen) atoms. The van der Waals surface area contributed by atoms with Crippen molar-refractivity contribution in [3.05, 3.63) is 90.0 Å². The molecule has 4 aromatic rings. The van der Waals surface area contributed by atoms with Crippen LogP contribution >= 0.6 is 0 Å². The maximum absolute atomic E-state index is 12.7. The molecule has 0 saturated carbocycles. The molecule has 0 spiro atoms. The predicted octanol–water partition coefficient (Wildman–Crippen LogP) is 5.82. The number of imidazole rings is 1. The molecule has 0 aliphatic carbocycles. The van der Waals surface area contributed by atoms with Gasteiger partial charge in [-0.05, 0) is 68.7 Å². The fraction of sp³-hybridized carbons (Fsp3) is 0.276. The summed E-state index contributed by atoms with van der Waals surface area (Å²) < 4.78 is 13.7. The molecule has 0 radical (unpaired) electrons. The number of amides is 1. The van der Waals surface area contributed by atoms with Crippen LogP contribution in [0.4, 0.5) is 0 Å². The van der Waals surface area contributed by atoms with Gasteiger partial charge in [0.25, 0.3) is 5.91 Å². The normalized spacial score (nSPS) is 12.1. The Morgan fingerprint density at radius 1 is 1.11 bits per heavy atom. The molecule has 7 nitrogen and oxygen atoms in total. The lowest BCUT2D eigenvalue weighted by molar-refractivity contribution is 0.0937. The monoisotopic (exact) mass is 484 g/mol. The van der Waals surface area contributed by atoms with E-state index in [1.165, 1.54) is 0 Å².